The van der Waals surface area contributed by atoms with Crippen molar-refractivity contribution < 1.29 is 19.0 Å². The number of carbonyl (C=O) groups is 1. The predicted octanol–water partition coefficient (Wildman–Crippen LogP) is 5.74. The van der Waals surface area contributed by atoms with Crippen molar-refractivity contribution in [2.24, 2.45) is 0 Å². The summed E-state index contributed by atoms with van der Waals surface area (Å²) in [7, 11) is 0. The van der Waals surface area contributed by atoms with Crippen LogP contribution in [0.2, 0.25) is 0 Å². The molecular formula is C28H32O4. The molecule has 0 aliphatic rings. The second kappa shape index (κ2) is 11.1. The van der Waals surface area contributed by atoms with Crippen LogP contribution < -0.4 is 0 Å². The van der Waals surface area contributed by atoms with E-state index in [1.807, 2.05) is 75.4 Å². The van der Waals surface area contributed by atoms with Crippen LogP contribution in [0.5, 0.6) is 0 Å². The molecule has 4 nitrogen and oxygen atoms in total. The van der Waals surface area contributed by atoms with Crippen LogP contribution >= 0.6 is 0 Å². The van der Waals surface area contributed by atoms with E-state index < -0.39 is 11.2 Å². The number of ether oxygens (including phenoxy) is 3. The monoisotopic (exact) mass is 432 g/mol. The molecule has 0 unspecified atom stereocenters. The standard InChI is InChI=1S/C28H32O4/c1-27(2,3)32-26(29)19-20-30-21-22-31-28(23-13-7-4-8-14-23,24-15-9-5-10-16-24)25-17-11-6-12-18-25/h4-18H,19-22H2,1-3H3. The molecule has 0 heterocycles. The average Bonchev–Trinajstić information content (AvgIpc) is 2.79. The lowest BCUT2D eigenvalue weighted by atomic mass is 9.80. The molecule has 0 saturated heterocycles. The molecule has 3 rings (SSSR count). The van der Waals surface area contributed by atoms with E-state index in [2.05, 4.69) is 36.4 Å². The van der Waals surface area contributed by atoms with Crippen LogP contribution in [0.4, 0.5) is 0 Å². The van der Waals surface area contributed by atoms with Crippen molar-refractivity contribution in [1.82, 2.24) is 0 Å². The maximum Gasteiger partial charge on any atom is 0.308 e. The first kappa shape index (κ1) is 23.7. The Hall–Kier alpha value is -2.95. The third-order valence-corrected chi connectivity index (χ3v) is 4.96. The Labute approximate surface area is 191 Å². The second-order valence-electron chi connectivity index (χ2n) is 8.58. The fourth-order valence-electron chi connectivity index (χ4n) is 3.67. The van der Waals surface area contributed by atoms with Crippen LogP contribution in [-0.4, -0.2) is 31.4 Å². The molecule has 0 amide bonds. The molecule has 3 aromatic carbocycles. The van der Waals surface area contributed by atoms with Gasteiger partial charge >= 0.3 is 5.97 Å². The van der Waals surface area contributed by atoms with Crippen LogP contribution in [0.25, 0.3) is 0 Å². The van der Waals surface area contributed by atoms with E-state index in [1.165, 1.54) is 0 Å². The molecule has 0 N–H and O–H groups in total. The van der Waals surface area contributed by atoms with Gasteiger partial charge in [-0.2, -0.15) is 0 Å². The second-order valence-corrected chi connectivity index (χ2v) is 8.58. The lowest BCUT2D eigenvalue weighted by molar-refractivity contribution is -0.156. The highest BCUT2D eigenvalue weighted by atomic mass is 16.6. The largest absolute Gasteiger partial charge is 0.460 e. The highest BCUT2D eigenvalue weighted by molar-refractivity contribution is 5.69. The lowest BCUT2D eigenvalue weighted by Gasteiger charge is -2.36. The zero-order chi connectivity index (χ0) is 22.9. The predicted molar refractivity (Wildman–Crippen MR) is 126 cm³/mol. The Kier molecular flexibility index (Phi) is 8.20. The van der Waals surface area contributed by atoms with Crippen molar-refractivity contribution in [3.63, 3.8) is 0 Å². The van der Waals surface area contributed by atoms with E-state index in [0.717, 1.165) is 16.7 Å². The van der Waals surface area contributed by atoms with Crippen LogP contribution in [0.3, 0.4) is 0 Å². The summed E-state index contributed by atoms with van der Waals surface area (Å²) in [6, 6.07) is 30.7. The van der Waals surface area contributed by atoms with E-state index in [9.17, 15) is 4.79 Å². The maximum absolute atomic E-state index is 11.9. The summed E-state index contributed by atoms with van der Waals surface area (Å²) in [5.74, 6) is -0.259. The van der Waals surface area contributed by atoms with E-state index in [-0.39, 0.29) is 12.4 Å². The van der Waals surface area contributed by atoms with E-state index in [0.29, 0.717) is 19.8 Å². The van der Waals surface area contributed by atoms with Gasteiger partial charge < -0.3 is 14.2 Å². The minimum absolute atomic E-state index is 0.221. The first-order valence-corrected chi connectivity index (χ1v) is 11.0. The van der Waals surface area contributed by atoms with Crippen molar-refractivity contribution >= 4 is 5.97 Å². The van der Waals surface area contributed by atoms with E-state index in [4.69, 9.17) is 14.2 Å². The third kappa shape index (κ3) is 6.28. The minimum Gasteiger partial charge on any atom is -0.460 e. The molecule has 32 heavy (non-hydrogen) atoms. The van der Waals surface area contributed by atoms with Gasteiger partial charge in [-0.25, -0.2) is 0 Å². The molecule has 0 fully saturated rings. The van der Waals surface area contributed by atoms with E-state index in [1.54, 1.807) is 0 Å². The normalized spacial score (nSPS) is 11.8. The summed E-state index contributed by atoms with van der Waals surface area (Å²) in [5, 5.41) is 0. The maximum atomic E-state index is 11.9. The van der Waals surface area contributed by atoms with Crippen LogP contribution in [0, 0.1) is 0 Å². The summed E-state index contributed by atoms with van der Waals surface area (Å²) in [5.41, 5.74) is 1.89. The molecule has 168 valence electrons. The molecule has 0 spiro atoms. The smallest absolute Gasteiger partial charge is 0.308 e. The van der Waals surface area contributed by atoms with Gasteiger partial charge in [-0.15, -0.1) is 0 Å². The Morgan fingerprint density at radius 2 is 1.09 bits per heavy atom. The molecule has 3 aromatic rings. The van der Waals surface area contributed by atoms with Gasteiger partial charge in [0.15, 0.2) is 0 Å². The van der Waals surface area contributed by atoms with Gasteiger partial charge in [0.25, 0.3) is 0 Å². The molecular weight excluding hydrogens is 400 g/mol. The molecule has 0 radical (unpaired) electrons. The topological polar surface area (TPSA) is 44.8 Å². The first-order valence-electron chi connectivity index (χ1n) is 11.0. The number of hydrogen-bond acceptors (Lipinski definition) is 4. The van der Waals surface area contributed by atoms with E-state index >= 15 is 0 Å². The van der Waals surface area contributed by atoms with Crippen molar-refractivity contribution in [3.05, 3.63) is 108 Å². The zero-order valence-corrected chi connectivity index (χ0v) is 19.1. The Balaban J connectivity index is 1.75. The Bertz CT molecular complexity index is 850. The highest BCUT2D eigenvalue weighted by Crippen LogP contribution is 2.40. The van der Waals surface area contributed by atoms with Crippen molar-refractivity contribution in [2.75, 3.05) is 19.8 Å². The minimum atomic E-state index is -0.766. The Morgan fingerprint density at radius 1 is 0.656 bits per heavy atom. The highest BCUT2D eigenvalue weighted by Gasteiger charge is 2.37. The van der Waals surface area contributed by atoms with Crippen LogP contribution in [0.15, 0.2) is 91.0 Å². The van der Waals surface area contributed by atoms with Crippen LogP contribution in [-0.2, 0) is 24.6 Å². The number of benzene rings is 3. The van der Waals surface area contributed by atoms with Gasteiger partial charge in [0.2, 0.25) is 0 Å². The summed E-state index contributed by atoms with van der Waals surface area (Å²) in [4.78, 5) is 11.9. The number of hydrogen-bond donors (Lipinski definition) is 0. The summed E-state index contributed by atoms with van der Waals surface area (Å²) in [6.45, 7) is 6.61. The lowest BCUT2D eigenvalue weighted by Crippen LogP contribution is -2.34. The fourth-order valence-corrected chi connectivity index (χ4v) is 3.67. The SMILES string of the molecule is CC(C)(C)OC(=O)CCOCCOC(c1ccccc1)(c1ccccc1)c1ccccc1. The number of esters is 1. The average molecular weight is 433 g/mol. The molecule has 0 bridgehead atoms. The molecule has 0 aromatic heterocycles. The van der Waals surface area contributed by atoms with Gasteiger partial charge in [0.05, 0.1) is 26.2 Å². The fraction of sp³-hybridized carbons (Fsp3) is 0.321. The molecule has 0 saturated carbocycles. The van der Waals surface area contributed by atoms with Gasteiger partial charge in [-0.3, -0.25) is 4.79 Å². The molecule has 0 aliphatic heterocycles. The first-order chi connectivity index (χ1) is 15.4. The zero-order valence-electron chi connectivity index (χ0n) is 19.1. The summed E-state index contributed by atoms with van der Waals surface area (Å²) >= 11 is 0. The summed E-state index contributed by atoms with van der Waals surface area (Å²) in [6.07, 6.45) is 0.221. The van der Waals surface area contributed by atoms with Gasteiger partial charge in [0, 0.05) is 0 Å². The van der Waals surface area contributed by atoms with Crippen molar-refractivity contribution in [3.8, 4) is 0 Å². The number of rotatable bonds is 10. The van der Waals surface area contributed by atoms with Crippen LogP contribution in [0.1, 0.15) is 43.9 Å². The molecule has 4 heteroatoms. The quantitative estimate of drug-likeness (QED) is 0.233. The van der Waals surface area contributed by atoms with Gasteiger partial charge in [0.1, 0.15) is 11.2 Å². The molecule has 0 atom stereocenters. The number of carbonyl (C=O) groups excluding carboxylic acids is 1. The van der Waals surface area contributed by atoms with Gasteiger partial charge in [-0.1, -0.05) is 91.0 Å². The molecule has 0 aliphatic carbocycles. The van der Waals surface area contributed by atoms with Crippen molar-refractivity contribution in [2.45, 2.75) is 38.4 Å². The van der Waals surface area contributed by atoms with Gasteiger partial charge in [-0.05, 0) is 37.5 Å². The van der Waals surface area contributed by atoms with Crippen molar-refractivity contribution in [1.29, 1.82) is 0 Å². The Morgan fingerprint density at radius 3 is 1.50 bits per heavy atom. The third-order valence-electron chi connectivity index (χ3n) is 4.96. The summed E-state index contributed by atoms with van der Waals surface area (Å²) < 4.78 is 17.7.